The number of rotatable bonds is 6. The van der Waals surface area contributed by atoms with Crippen LogP contribution in [0.25, 0.3) is 12.2 Å². The van der Waals surface area contributed by atoms with Gasteiger partial charge in [0.15, 0.2) is 17.3 Å². The Bertz CT molecular complexity index is 1210. The van der Waals surface area contributed by atoms with Crippen LogP contribution in [0.15, 0.2) is 45.7 Å². The zero-order valence-corrected chi connectivity index (χ0v) is 18.3. The Balaban J connectivity index is 1.99. The minimum atomic E-state index is -0.273. The molecule has 8 heteroatoms. The molecular formula is C21H18BrNO5S. The molecule has 0 aliphatic carbocycles. The van der Waals surface area contributed by atoms with Crippen LogP contribution in [0, 0.1) is 0 Å². The second kappa shape index (κ2) is 9.11. The summed E-state index contributed by atoms with van der Waals surface area (Å²) < 4.78 is 17.4. The lowest BCUT2D eigenvalue weighted by Crippen LogP contribution is -2.20. The van der Waals surface area contributed by atoms with Gasteiger partial charge >= 0.3 is 0 Å². The van der Waals surface area contributed by atoms with E-state index in [2.05, 4.69) is 20.9 Å². The minimum absolute atomic E-state index is 0.205. The van der Waals surface area contributed by atoms with E-state index in [0.717, 1.165) is 10.0 Å². The molecule has 1 heterocycles. The van der Waals surface area contributed by atoms with Crippen molar-refractivity contribution >= 4 is 45.2 Å². The highest BCUT2D eigenvalue weighted by Gasteiger charge is 2.09. The van der Waals surface area contributed by atoms with Gasteiger partial charge in [0.05, 0.1) is 30.5 Å². The van der Waals surface area contributed by atoms with Crippen LogP contribution in [0.3, 0.4) is 0 Å². The van der Waals surface area contributed by atoms with Crippen LogP contribution in [0.4, 0.5) is 0 Å². The van der Waals surface area contributed by atoms with Crippen LogP contribution < -0.4 is 29.0 Å². The highest BCUT2D eigenvalue weighted by Crippen LogP contribution is 2.33. The predicted octanol–water partition coefficient (Wildman–Crippen LogP) is 2.72. The standard InChI is InChI=1S/C21H18BrNO5S/c1-26-14-6-4-12(5-7-14)16(24)11-20-23-21(25)19(29-20)9-13-8-17(27-2)18(28-3)10-15(13)22/h4-11H,1-3H3,(H,23,25)/b19-9+,20-11+. The van der Waals surface area contributed by atoms with Crippen molar-refractivity contribution in [1.29, 1.82) is 0 Å². The van der Waals surface area contributed by atoms with Crippen LogP contribution in [0.1, 0.15) is 15.9 Å². The fourth-order valence-corrected chi connectivity index (χ4v) is 3.92. The Morgan fingerprint density at radius 3 is 2.31 bits per heavy atom. The molecule has 0 radical (unpaired) electrons. The number of carbonyl (C=O) groups excluding carboxylic acids is 1. The zero-order chi connectivity index (χ0) is 21.0. The molecule has 0 spiro atoms. The number of Topliss-reactive ketones (excluding diaryl/α,β-unsaturated/α-hetero) is 1. The first-order valence-electron chi connectivity index (χ1n) is 8.47. The molecule has 0 amide bonds. The molecule has 6 nitrogen and oxygen atoms in total. The average Bonchev–Trinajstić information content (AvgIpc) is 3.07. The largest absolute Gasteiger partial charge is 0.497 e. The van der Waals surface area contributed by atoms with E-state index in [0.29, 0.717) is 32.0 Å². The summed E-state index contributed by atoms with van der Waals surface area (Å²) in [4.78, 5) is 27.5. The molecule has 0 aliphatic heterocycles. The Hall–Kier alpha value is -2.84. The van der Waals surface area contributed by atoms with Gasteiger partial charge in [-0.1, -0.05) is 15.9 Å². The van der Waals surface area contributed by atoms with Crippen LogP contribution in [0.2, 0.25) is 0 Å². The maximum Gasteiger partial charge on any atom is 0.266 e. The second-order valence-corrected chi connectivity index (χ2v) is 7.83. The fraction of sp³-hybridized carbons (Fsp3) is 0.143. The van der Waals surface area contributed by atoms with Gasteiger partial charge in [-0.2, -0.15) is 0 Å². The predicted molar refractivity (Wildman–Crippen MR) is 117 cm³/mol. The van der Waals surface area contributed by atoms with Crippen molar-refractivity contribution in [1.82, 2.24) is 4.98 Å². The van der Waals surface area contributed by atoms with Crippen molar-refractivity contribution < 1.29 is 19.0 Å². The second-order valence-electron chi connectivity index (χ2n) is 5.89. The number of ether oxygens (including phenoxy) is 3. The van der Waals surface area contributed by atoms with E-state index in [1.807, 2.05) is 0 Å². The number of carbonyl (C=O) groups is 1. The van der Waals surface area contributed by atoms with Gasteiger partial charge in [-0.3, -0.25) is 9.59 Å². The van der Waals surface area contributed by atoms with Crippen molar-refractivity contribution in [2.45, 2.75) is 0 Å². The summed E-state index contributed by atoms with van der Waals surface area (Å²) in [7, 11) is 4.67. The molecule has 3 rings (SSSR count). The van der Waals surface area contributed by atoms with E-state index in [1.165, 1.54) is 17.4 Å². The van der Waals surface area contributed by atoms with E-state index < -0.39 is 0 Å². The van der Waals surface area contributed by atoms with Crippen molar-refractivity contribution in [2.24, 2.45) is 0 Å². The summed E-state index contributed by atoms with van der Waals surface area (Å²) in [5.74, 6) is 1.60. The topological polar surface area (TPSA) is 77.6 Å². The van der Waals surface area contributed by atoms with Crippen LogP contribution in [0.5, 0.6) is 17.2 Å². The van der Waals surface area contributed by atoms with Gasteiger partial charge in [0, 0.05) is 16.1 Å². The zero-order valence-electron chi connectivity index (χ0n) is 15.9. The van der Waals surface area contributed by atoms with E-state index in [9.17, 15) is 9.59 Å². The van der Waals surface area contributed by atoms with E-state index in [4.69, 9.17) is 14.2 Å². The lowest BCUT2D eigenvalue weighted by molar-refractivity contribution is 0.106. The van der Waals surface area contributed by atoms with Gasteiger partial charge in [0.1, 0.15) is 5.75 Å². The van der Waals surface area contributed by atoms with Gasteiger partial charge in [-0.05, 0) is 48.0 Å². The third kappa shape index (κ3) is 4.78. The van der Waals surface area contributed by atoms with Crippen LogP contribution in [-0.4, -0.2) is 32.1 Å². The van der Waals surface area contributed by atoms with Crippen molar-refractivity contribution in [3.8, 4) is 17.2 Å². The SMILES string of the molecule is COc1ccc(C(=O)/C=c2\[nH]c(=O)/c(=C\c3cc(OC)c(OC)cc3Br)s2)cc1. The highest BCUT2D eigenvalue weighted by atomic mass is 79.9. The van der Waals surface area contributed by atoms with Gasteiger partial charge < -0.3 is 19.2 Å². The number of aromatic amines is 1. The fourth-order valence-electron chi connectivity index (χ4n) is 2.60. The molecular weight excluding hydrogens is 458 g/mol. The molecule has 0 bridgehead atoms. The number of benzene rings is 2. The van der Waals surface area contributed by atoms with E-state index in [1.54, 1.807) is 63.8 Å². The highest BCUT2D eigenvalue weighted by molar-refractivity contribution is 9.10. The quantitative estimate of drug-likeness (QED) is 0.554. The van der Waals surface area contributed by atoms with E-state index in [-0.39, 0.29) is 11.3 Å². The molecule has 2 aromatic carbocycles. The smallest absolute Gasteiger partial charge is 0.266 e. The first kappa shape index (κ1) is 20.9. The molecule has 0 unspecified atom stereocenters. The number of halogens is 1. The summed E-state index contributed by atoms with van der Waals surface area (Å²) in [6.45, 7) is 0. The Morgan fingerprint density at radius 1 is 1.03 bits per heavy atom. The summed E-state index contributed by atoms with van der Waals surface area (Å²) >= 11 is 4.68. The first-order valence-corrected chi connectivity index (χ1v) is 10.1. The average molecular weight is 476 g/mol. The summed E-state index contributed by atoms with van der Waals surface area (Å²) in [6, 6.07) is 10.3. The van der Waals surface area contributed by atoms with Crippen LogP contribution in [-0.2, 0) is 0 Å². The third-order valence-electron chi connectivity index (χ3n) is 4.11. The Labute approximate surface area is 179 Å². The number of hydrogen-bond acceptors (Lipinski definition) is 6. The lowest BCUT2D eigenvalue weighted by Gasteiger charge is -2.09. The molecule has 0 atom stereocenters. The number of aromatic nitrogens is 1. The van der Waals surface area contributed by atoms with Gasteiger partial charge in [-0.15, -0.1) is 11.3 Å². The maximum atomic E-state index is 12.4. The third-order valence-corrected chi connectivity index (χ3v) is 5.76. The van der Waals surface area contributed by atoms with Crippen LogP contribution >= 0.6 is 27.3 Å². The number of ketones is 1. The molecule has 1 N–H and O–H groups in total. The number of thiazole rings is 1. The Kier molecular flexibility index (Phi) is 6.56. The molecule has 1 aromatic heterocycles. The molecule has 0 fully saturated rings. The summed E-state index contributed by atoms with van der Waals surface area (Å²) in [5, 5.41) is 0. The molecule has 0 aliphatic rings. The summed E-state index contributed by atoms with van der Waals surface area (Å²) in [5.41, 5.74) is 0.988. The minimum Gasteiger partial charge on any atom is -0.497 e. The van der Waals surface area contributed by atoms with Gasteiger partial charge in [0.2, 0.25) is 0 Å². The number of nitrogens with one attached hydrogen (secondary N) is 1. The van der Waals surface area contributed by atoms with Crippen molar-refractivity contribution in [2.75, 3.05) is 21.3 Å². The van der Waals surface area contributed by atoms with Gasteiger partial charge in [-0.25, -0.2) is 0 Å². The van der Waals surface area contributed by atoms with E-state index >= 15 is 0 Å². The molecule has 0 saturated carbocycles. The summed E-state index contributed by atoms with van der Waals surface area (Å²) in [6.07, 6.45) is 3.14. The monoisotopic (exact) mass is 475 g/mol. The Morgan fingerprint density at radius 2 is 1.69 bits per heavy atom. The molecule has 3 aromatic rings. The number of hydrogen-bond donors (Lipinski definition) is 1. The number of methoxy groups -OCH3 is 3. The van der Waals surface area contributed by atoms with Crippen molar-refractivity contribution in [3.05, 3.63) is 71.5 Å². The number of H-pyrrole nitrogens is 1. The van der Waals surface area contributed by atoms with Crippen molar-refractivity contribution in [3.63, 3.8) is 0 Å². The first-order chi connectivity index (χ1) is 13.9. The molecule has 150 valence electrons. The maximum absolute atomic E-state index is 12.4. The molecule has 0 saturated heterocycles. The normalized spacial score (nSPS) is 12.1. The lowest BCUT2D eigenvalue weighted by atomic mass is 10.1. The van der Waals surface area contributed by atoms with Gasteiger partial charge in [0.25, 0.3) is 5.56 Å². The molecule has 29 heavy (non-hydrogen) atoms.